The van der Waals surface area contributed by atoms with E-state index in [0.717, 1.165) is 0 Å². The third-order valence-corrected chi connectivity index (χ3v) is 3.57. The Kier molecular flexibility index (Phi) is 4.59. The normalized spacial score (nSPS) is 10.8. The van der Waals surface area contributed by atoms with Gasteiger partial charge in [0.15, 0.2) is 12.4 Å². The Labute approximate surface area is 135 Å². The van der Waals surface area contributed by atoms with Crippen molar-refractivity contribution in [2.24, 2.45) is 0 Å². The number of nitrogens with zero attached hydrogens (tertiary/aromatic N) is 4. The maximum Gasteiger partial charge on any atom is 0.277 e. The van der Waals surface area contributed by atoms with E-state index in [0.29, 0.717) is 39.4 Å². The van der Waals surface area contributed by atoms with E-state index in [1.807, 2.05) is 0 Å². The smallest absolute Gasteiger partial charge is 0.277 e. The van der Waals surface area contributed by atoms with E-state index in [1.165, 1.54) is 11.8 Å². The van der Waals surface area contributed by atoms with Crippen molar-refractivity contribution in [3.05, 3.63) is 46.9 Å². The third kappa shape index (κ3) is 3.99. The van der Waals surface area contributed by atoms with Crippen LogP contribution < -0.4 is 4.74 Å². The molecule has 0 N–H and O–H groups in total. The molecule has 114 valence electrons. The van der Waals surface area contributed by atoms with Gasteiger partial charge in [-0.1, -0.05) is 28.5 Å². The summed E-state index contributed by atoms with van der Waals surface area (Å²) >= 11 is 7.12. The number of rotatable bonds is 6. The SMILES string of the molecule is Cc1noc(CSc2nnc(COc3ccc(Cl)cc3)o2)n1. The van der Waals surface area contributed by atoms with Crippen molar-refractivity contribution in [3.63, 3.8) is 0 Å². The number of aromatic nitrogens is 4. The van der Waals surface area contributed by atoms with Crippen molar-refractivity contribution in [2.45, 2.75) is 24.5 Å². The minimum atomic E-state index is 0.189. The molecule has 0 saturated carbocycles. The first-order valence-electron chi connectivity index (χ1n) is 6.32. The Morgan fingerprint density at radius 1 is 1.18 bits per heavy atom. The van der Waals surface area contributed by atoms with Gasteiger partial charge in [0.05, 0.1) is 5.75 Å². The Morgan fingerprint density at radius 3 is 2.73 bits per heavy atom. The fourth-order valence-corrected chi connectivity index (χ4v) is 2.30. The van der Waals surface area contributed by atoms with Crippen LogP contribution in [0.5, 0.6) is 5.75 Å². The zero-order chi connectivity index (χ0) is 15.4. The molecule has 0 atom stereocenters. The second-order valence-corrected chi connectivity index (χ2v) is 5.59. The topological polar surface area (TPSA) is 87.1 Å². The molecule has 7 nitrogen and oxygen atoms in total. The first-order chi connectivity index (χ1) is 10.7. The van der Waals surface area contributed by atoms with Crippen LogP contribution in [0.1, 0.15) is 17.6 Å². The largest absolute Gasteiger partial charge is 0.484 e. The van der Waals surface area contributed by atoms with Gasteiger partial charge in [-0.3, -0.25) is 0 Å². The van der Waals surface area contributed by atoms with E-state index in [2.05, 4.69) is 20.3 Å². The molecule has 1 aromatic carbocycles. The van der Waals surface area contributed by atoms with Gasteiger partial charge < -0.3 is 13.7 Å². The molecule has 0 aliphatic carbocycles. The maximum absolute atomic E-state index is 5.80. The molecule has 0 unspecified atom stereocenters. The lowest BCUT2D eigenvalue weighted by atomic mass is 10.3. The van der Waals surface area contributed by atoms with Gasteiger partial charge in [0.25, 0.3) is 11.1 Å². The molecule has 3 rings (SSSR count). The monoisotopic (exact) mass is 338 g/mol. The Bertz CT molecular complexity index is 744. The van der Waals surface area contributed by atoms with Crippen LogP contribution in [-0.4, -0.2) is 20.3 Å². The van der Waals surface area contributed by atoms with Crippen molar-refractivity contribution in [1.29, 1.82) is 0 Å². The average Bonchev–Trinajstić information content (AvgIpc) is 3.13. The van der Waals surface area contributed by atoms with Crippen molar-refractivity contribution >= 4 is 23.4 Å². The summed E-state index contributed by atoms with van der Waals surface area (Å²) in [6, 6.07) is 7.04. The molecule has 0 spiro atoms. The molecule has 22 heavy (non-hydrogen) atoms. The number of benzene rings is 1. The van der Waals surface area contributed by atoms with Gasteiger partial charge in [0, 0.05) is 5.02 Å². The summed E-state index contributed by atoms with van der Waals surface area (Å²) < 4.78 is 16.0. The second-order valence-electron chi connectivity index (χ2n) is 4.23. The minimum Gasteiger partial charge on any atom is -0.484 e. The van der Waals surface area contributed by atoms with E-state index in [4.69, 9.17) is 25.3 Å². The summed E-state index contributed by atoms with van der Waals surface area (Å²) in [5.74, 6) is 2.65. The van der Waals surface area contributed by atoms with Crippen LogP contribution in [0.2, 0.25) is 5.02 Å². The zero-order valence-electron chi connectivity index (χ0n) is 11.5. The first-order valence-corrected chi connectivity index (χ1v) is 7.68. The van der Waals surface area contributed by atoms with Crippen LogP contribution in [0.15, 0.2) is 38.4 Å². The van der Waals surface area contributed by atoms with Crippen molar-refractivity contribution in [1.82, 2.24) is 20.3 Å². The quantitative estimate of drug-likeness (QED) is 0.633. The van der Waals surface area contributed by atoms with Crippen molar-refractivity contribution in [2.75, 3.05) is 0 Å². The van der Waals surface area contributed by atoms with E-state index in [9.17, 15) is 0 Å². The molecule has 2 heterocycles. The predicted octanol–water partition coefficient (Wildman–Crippen LogP) is 3.29. The summed E-state index contributed by atoms with van der Waals surface area (Å²) in [5.41, 5.74) is 0. The van der Waals surface area contributed by atoms with Gasteiger partial charge in [-0.2, -0.15) is 4.98 Å². The van der Waals surface area contributed by atoms with Crippen LogP contribution in [0.4, 0.5) is 0 Å². The van der Waals surface area contributed by atoms with Crippen molar-refractivity contribution in [3.8, 4) is 5.75 Å². The maximum atomic E-state index is 5.80. The van der Waals surface area contributed by atoms with E-state index < -0.39 is 0 Å². The standard InChI is InChI=1S/C13H11ClN4O3S/c1-8-15-12(21-18-8)7-22-13-17-16-11(20-13)6-19-10-4-2-9(14)3-5-10/h2-5H,6-7H2,1H3. The number of aryl methyl sites for hydroxylation is 1. The predicted molar refractivity (Wildman–Crippen MR) is 78.7 cm³/mol. The summed E-state index contributed by atoms with van der Waals surface area (Å²) in [7, 11) is 0. The molecule has 0 radical (unpaired) electrons. The van der Waals surface area contributed by atoms with Crippen LogP contribution in [0.25, 0.3) is 0 Å². The molecule has 0 aliphatic rings. The second kappa shape index (κ2) is 6.80. The highest BCUT2D eigenvalue weighted by molar-refractivity contribution is 7.98. The lowest BCUT2D eigenvalue weighted by molar-refractivity contribution is 0.252. The van der Waals surface area contributed by atoms with Crippen LogP contribution >= 0.6 is 23.4 Å². The molecular weight excluding hydrogens is 328 g/mol. The Morgan fingerprint density at radius 2 is 2.00 bits per heavy atom. The Hall–Kier alpha value is -2.06. The third-order valence-electron chi connectivity index (χ3n) is 2.51. The van der Waals surface area contributed by atoms with Gasteiger partial charge in [-0.25, -0.2) is 0 Å². The fraction of sp³-hybridized carbons (Fsp3) is 0.231. The molecule has 0 amide bonds. The molecular formula is C13H11ClN4O3S. The van der Waals surface area contributed by atoms with Crippen LogP contribution in [0, 0.1) is 6.92 Å². The highest BCUT2D eigenvalue weighted by Crippen LogP contribution is 2.21. The van der Waals surface area contributed by atoms with E-state index in [-0.39, 0.29) is 6.61 Å². The van der Waals surface area contributed by atoms with Gasteiger partial charge >= 0.3 is 0 Å². The lowest BCUT2D eigenvalue weighted by Gasteiger charge is -2.02. The first kappa shape index (κ1) is 14.9. The van der Waals surface area contributed by atoms with Gasteiger partial charge in [-0.05, 0) is 31.2 Å². The molecule has 2 aromatic heterocycles. The van der Waals surface area contributed by atoms with Crippen LogP contribution in [0.3, 0.4) is 0 Å². The molecule has 0 fully saturated rings. The molecule has 0 saturated heterocycles. The fourth-order valence-electron chi connectivity index (χ4n) is 1.55. The lowest BCUT2D eigenvalue weighted by Crippen LogP contribution is -1.95. The molecule has 3 aromatic rings. The van der Waals surface area contributed by atoms with Crippen molar-refractivity contribution < 1.29 is 13.7 Å². The molecule has 9 heteroatoms. The van der Waals surface area contributed by atoms with E-state index in [1.54, 1.807) is 31.2 Å². The summed E-state index contributed by atoms with van der Waals surface area (Å²) in [6.07, 6.45) is 0. The van der Waals surface area contributed by atoms with E-state index >= 15 is 0 Å². The van der Waals surface area contributed by atoms with Crippen LogP contribution in [-0.2, 0) is 12.4 Å². The highest BCUT2D eigenvalue weighted by Gasteiger charge is 2.10. The number of halogens is 1. The zero-order valence-corrected chi connectivity index (χ0v) is 13.1. The minimum absolute atomic E-state index is 0.189. The summed E-state index contributed by atoms with van der Waals surface area (Å²) in [4.78, 5) is 4.09. The number of ether oxygens (including phenoxy) is 1. The number of hydrogen-bond acceptors (Lipinski definition) is 8. The summed E-state index contributed by atoms with van der Waals surface area (Å²) in [6.45, 7) is 1.95. The van der Waals surface area contributed by atoms with Gasteiger partial charge in [0.2, 0.25) is 5.89 Å². The Balaban J connectivity index is 1.51. The number of hydrogen-bond donors (Lipinski definition) is 0. The molecule has 0 bridgehead atoms. The average molecular weight is 339 g/mol. The van der Waals surface area contributed by atoms with Gasteiger partial charge in [0.1, 0.15) is 5.75 Å². The molecule has 0 aliphatic heterocycles. The number of thioether (sulfide) groups is 1. The van der Waals surface area contributed by atoms with Gasteiger partial charge in [-0.15, -0.1) is 10.2 Å². The summed E-state index contributed by atoms with van der Waals surface area (Å²) in [5, 5.41) is 12.6. The highest BCUT2D eigenvalue weighted by atomic mass is 35.5.